The molecule has 2 aromatic rings. The number of halogens is 1. The van der Waals surface area contributed by atoms with Crippen LogP contribution in [0.5, 0.6) is 0 Å². The molecule has 6 nitrogen and oxygen atoms in total. The van der Waals surface area contributed by atoms with E-state index in [0.717, 1.165) is 35.7 Å². The molecule has 1 aliphatic carbocycles. The molecule has 4 rings (SSSR count). The zero-order chi connectivity index (χ0) is 19.9. The van der Waals surface area contributed by atoms with E-state index in [9.17, 15) is 4.79 Å². The van der Waals surface area contributed by atoms with Gasteiger partial charge in [-0.2, -0.15) is 0 Å². The van der Waals surface area contributed by atoms with E-state index in [1.807, 2.05) is 39.0 Å². The molecule has 1 aromatic carbocycles. The van der Waals surface area contributed by atoms with Crippen LogP contribution in [0.4, 0.5) is 4.79 Å². The zero-order valence-corrected chi connectivity index (χ0v) is 17.5. The molecule has 1 aromatic heterocycles. The number of nitrogens with zero attached hydrogens (tertiary/aromatic N) is 4. The lowest BCUT2D eigenvalue weighted by Gasteiger charge is -2.26. The summed E-state index contributed by atoms with van der Waals surface area (Å²) in [5, 5.41) is 9.68. The Balaban J connectivity index is 1.76. The Labute approximate surface area is 170 Å². The number of carbonyl (C=O) groups is 1. The lowest BCUT2D eigenvalue weighted by Crippen LogP contribution is -2.35. The first-order chi connectivity index (χ1) is 13.3. The molecule has 2 heterocycles. The molecule has 150 valence electrons. The number of ether oxygens (including phenoxy) is 1. The topological polar surface area (TPSA) is 60.2 Å². The average Bonchev–Trinajstić information content (AvgIpc) is 2.97. The van der Waals surface area contributed by atoms with Crippen molar-refractivity contribution in [3.05, 3.63) is 40.4 Å². The van der Waals surface area contributed by atoms with Gasteiger partial charge in [0, 0.05) is 10.9 Å². The van der Waals surface area contributed by atoms with Gasteiger partial charge in [-0.3, -0.25) is 9.47 Å². The van der Waals surface area contributed by atoms with Gasteiger partial charge in [-0.05, 0) is 57.4 Å². The lowest BCUT2D eigenvalue weighted by atomic mass is 9.88. The fourth-order valence-electron chi connectivity index (χ4n) is 4.11. The van der Waals surface area contributed by atoms with Crippen molar-refractivity contribution in [3.8, 4) is 5.69 Å². The van der Waals surface area contributed by atoms with Crippen LogP contribution in [0.1, 0.15) is 76.0 Å². The summed E-state index contributed by atoms with van der Waals surface area (Å²) in [6.07, 6.45) is 5.66. The van der Waals surface area contributed by atoms with Crippen LogP contribution >= 0.6 is 11.6 Å². The molecular weight excluding hydrogens is 376 g/mol. The summed E-state index contributed by atoms with van der Waals surface area (Å²) in [6.45, 7) is 6.41. The molecule has 0 unspecified atom stereocenters. The molecule has 2 aliphatic rings. The number of hydrogen-bond donors (Lipinski definition) is 0. The molecule has 28 heavy (non-hydrogen) atoms. The van der Waals surface area contributed by atoms with Crippen LogP contribution < -0.4 is 0 Å². The van der Waals surface area contributed by atoms with Gasteiger partial charge in [0.05, 0.1) is 18.8 Å². The van der Waals surface area contributed by atoms with Crippen LogP contribution in [0.2, 0.25) is 5.02 Å². The van der Waals surface area contributed by atoms with Crippen molar-refractivity contribution in [2.24, 2.45) is 0 Å². The van der Waals surface area contributed by atoms with E-state index in [0.29, 0.717) is 24.0 Å². The molecule has 0 bridgehead atoms. The predicted molar refractivity (Wildman–Crippen MR) is 108 cm³/mol. The second kappa shape index (κ2) is 7.39. The Morgan fingerprint density at radius 3 is 2.61 bits per heavy atom. The minimum absolute atomic E-state index is 0.353. The number of carbonyl (C=O) groups excluding carboxylic acids is 1. The third kappa shape index (κ3) is 3.88. The molecule has 0 N–H and O–H groups in total. The molecule has 0 radical (unpaired) electrons. The van der Waals surface area contributed by atoms with Crippen LogP contribution in [0, 0.1) is 0 Å². The summed E-state index contributed by atoms with van der Waals surface area (Å²) in [7, 11) is 0. The quantitative estimate of drug-likeness (QED) is 0.656. The van der Waals surface area contributed by atoms with E-state index in [1.54, 1.807) is 4.90 Å². The molecule has 1 fully saturated rings. The summed E-state index contributed by atoms with van der Waals surface area (Å²) >= 11 is 6.28. The minimum Gasteiger partial charge on any atom is -0.444 e. The second-order valence-electron chi connectivity index (χ2n) is 8.75. The maximum atomic E-state index is 12.8. The maximum absolute atomic E-state index is 12.8. The van der Waals surface area contributed by atoms with Gasteiger partial charge >= 0.3 is 6.09 Å². The van der Waals surface area contributed by atoms with Gasteiger partial charge in [0.25, 0.3) is 0 Å². The summed E-state index contributed by atoms with van der Waals surface area (Å²) < 4.78 is 7.76. The van der Waals surface area contributed by atoms with Crippen LogP contribution in [-0.2, 0) is 17.8 Å². The molecule has 1 aliphatic heterocycles. The van der Waals surface area contributed by atoms with E-state index < -0.39 is 5.60 Å². The van der Waals surface area contributed by atoms with Crippen molar-refractivity contribution in [2.45, 2.75) is 77.5 Å². The number of hydrogen-bond acceptors (Lipinski definition) is 4. The highest BCUT2D eigenvalue weighted by Gasteiger charge is 2.31. The first-order valence-electron chi connectivity index (χ1n) is 10.0. The number of fused-ring (bicyclic) bond motifs is 3. The van der Waals surface area contributed by atoms with Crippen LogP contribution in [0.3, 0.4) is 0 Å². The van der Waals surface area contributed by atoms with Gasteiger partial charge in [-0.15, -0.1) is 10.2 Å². The molecule has 1 saturated carbocycles. The fourth-order valence-corrected chi connectivity index (χ4v) is 4.30. The van der Waals surface area contributed by atoms with Gasteiger partial charge in [-0.1, -0.05) is 30.9 Å². The average molecular weight is 403 g/mol. The first kappa shape index (κ1) is 19.2. The third-order valence-corrected chi connectivity index (χ3v) is 5.59. The smallest absolute Gasteiger partial charge is 0.411 e. The van der Waals surface area contributed by atoms with Gasteiger partial charge in [0.1, 0.15) is 11.4 Å². The zero-order valence-electron chi connectivity index (χ0n) is 16.7. The standard InChI is InChI=1S/C21H27ClN4O2/c1-21(2,3)28-20(27)25-12-15-11-16(22)9-10-17(15)26-18(13-25)23-24-19(26)14-7-5-4-6-8-14/h9-11,14H,4-8,12-13H2,1-3H3. The van der Waals surface area contributed by atoms with Crippen molar-refractivity contribution >= 4 is 17.7 Å². The molecule has 7 heteroatoms. The predicted octanol–water partition coefficient (Wildman–Crippen LogP) is 5.22. The molecule has 0 spiro atoms. The monoisotopic (exact) mass is 402 g/mol. The Hall–Kier alpha value is -2.08. The van der Waals surface area contributed by atoms with E-state index in [4.69, 9.17) is 16.3 Å². The Bertz CT molecular complexity index is 881. The Morgan fingerprint density at radius 1 is 1.14 bits per heavy atom. The van der Waals surface area contributed by atoms with Crippen molar-refractivity contribution in [2.75, 3.05) is 0 Å². The van der Waals surface area contributed by atoms with Gasteiger partial charge in [0.15, 0.2) is 5.82 Å². The number of benzene rings is 1. The first-order valence-corrected chi connectivity index (χ1v) is 10.4. The van der Waals surface area contributed by atoms with E-state index in [1.165, 1.54) is 19.3 Å². The van der Waals surface area contributed by atoms with E-state index in [-0.39, 0.29) is 6.09 Å². The molecule has 0 saturated heterocycles. The van der Waals surface area contributed by atoms with Crippen molar-refractivity contribution in [1.82, 2.24) is 19.7 Å². The van der Waals surface area contributed by atoms with E-state index >= 15 is 0 Å². The minimum atomic E-state index is -0.554. The van der Waals surface area contributed by atoms with Gasteiger partial charge < -0.3 is 4.74 Å². The Morgan fingerprint density at radius 2 is 1.89 bits per heavy atom. The van der Waals surface area contributed by atoms with Crippen LogP contribution in [0.15, 0.2) is 18.2 Å². The van der Waals surface area contributed by atoms with Gasteiger partial charge in [0.2, 0.25) is 0 Å². The molecule has 1 amide bonds. The summed E-state index contributed by atoms with van der Waals surface area (Å²) in [4.78, 5) is 14.5. The van der Waals surface area contributed by atoms with Crippen molar-refractivity contribution < 1.29 is 9.53 Å². The molecular formula is C21H27ClN4O2. The molecule has 0 atom stereocenters. The fraction of sp³-hybridized carbons (Fsp3) is 0.571. The highest BCUT2D eigenvalue weighted by atomic mass is 35.5. The number of amides is 1. The summed E-state index contributed by atoms with van der Waals surface area (Å²) in [6, 6.07) is 5.82. The lowest BCUT2D eigenvalue weighted by molar-refractivity contribution is 0.0214. The van der Waals surface area contributed by atoms with Crippen molar-refractivity contribution in [3.63, 3.8) is 0 Å². The second-order valence-corrected chi connectivity index (χ2v) is 9.19. The van der Waals surface area contributed by atoms with Crippen LogP contribution in [0.25, 0.3) is 5.69 Å². The van der Waals surface area contributed by atoms with Gasteiger partial charge in [-0.25, -0.2) is 4.79 Å². The van der Waals surface area contributed by atoms with E-state index in [2.05, 4.69) is 14.8 Å². The summed E-state index contributed by atoms with van der Waals surface area (Å²) in [5.41, 5.74) is 1.44. The highest BCUT2D eigenvalue weighted by Crippen LogP contribution is 2.36. The largest absolute Gasteiger partial charge is 0.444 e. The maximum Gasteiger partial charge on any atom is 0.411 e. The highest BCUT2D eigenvalue weighted by molar-refractivity contribution is 6.30. The SMILES string of the molecule is CC(C)(C)OC(=O)N1Cc2cc(Cl)ccc2-n2c(nnc2C2CCCCC2)C1. The number of rotatable bonds is 1. The number of aromatic nitrogens is 3. The third-order valence-electron chi connectivity index (χ3n) is 5.35. The normalized spacial score (nSPS) is 17.6. The van der Waals surface area contributed by atoms with Crippen molar-refractivity contribution in [1.29, 1.82) is 0 Å². The Kier molecular flexibility index (Phi) is 5.08. The summed E-state index contributed by atoms with van der Waals surface area (Å²) in [5.74, 6) is 2.18. The van der Waals surface area contributed by atoms with Crippen LogP contribution in [-0.4, -0.2) is 31.4 Å².